The summed E-state index contributed by atoms with van der Waals surface area (Å²) in [6.07, 6.45) is 3.36. The van der Waals surface area contributed by atoms with E-state index in [2.05, 4.69) is 4.72 Å². The van der Waals surface area contributed by atoms with Crippen LogP contribution in [0.2, 0.25) is 0 Å². The number of carbonyl (C=O) groups excluding carboxylic acids is 1. The zero-order valence-corrected chi connectivity index (χ0v) is 15.7. The van der Waals surface area contributed by atoms with Gasteiger partial charge in [-0.3, -0.25) is 14.7 Å². The van der Waals surface area contributed by atoms with Gasteiger partial charge in [-0.15, -0.1) is 0 Å². The molecule has 2 aromatic carbocycles. The molecule has 0 fully saturated rings. The van der Waals surface area contributed by atoms with E-state index in [4.69, 9.17) is 0 Å². The molecule has 1 amide bonds. The number of benzene rings is 2. The van der Waals surface area contributed by atoms with Crippen LogP contribution in [0, 0.1) is 6.92 Å². The summed E-state index contributed by atoms with van der Waals surface area (Å²) in [4.78, 5) is 11.3. The van der Waals surface area contributed by atoms with Gasteiger partial charge in [0, 0.05) is 12.6 Å². The number of nitrogens with one attached hydrogen (secondary N) is 1. The Labute approximate surface area is 153 Å². The first-order valence-electron chi connectivity index (χ1n) is 8.05. The lowest BCUT2D eigenvalue weighted by Crippen LogP contribution is -2.32. The molecular weight excluding hydrogens is 352 g/mol. The molecule has 0 saturated carbocycles. The Bertz CT molecular complexity index is 905. The number of amides is 1. The summed E-state index contributed by atoms with van der Waals surface area (Å²) in [5, 5.41) is 10.2. The van der Waals surface area contributed by atoms with Gasteiger partial charge in [-0.1, -0.05) is 42.0 Å². The van der Waals surface area contributed by atoms with Crippen LogP contribution in [0.1, 0.15) is 25.0 Å². The first-order chi connectivity index (χ1) is 12.2. The second-order valence-electron chi connectivity index (χ2n) is 6.01. The lowest BCUT2D eigenvalue weighted by atomic mass is 10.1. The monoisotopic (exact) mass is 374 g/mol. The third-order valence-electron chi connectivity index (χ3n) is 3.75. The Hall–Kier alpha value is -2.64. The molecule has 1 unspecified atom stereocenters. The van der Waals surface area contributed by atoms with E-state index in [1.807, 2.05) is 6.92 Å². The Balaban J connectivity index is 2.16. The molecule has 0 aliphatic carbocycles. The summed E-state index contributed by atoms with van der Waals surface area (Å²) in [7, 11) is -3.67. The number of sulfonamides is 1. The zero-order valence-electron chi connectivity index (χ0n) is 14.9. The Morgan fingerprint density at radius 3 is 2.46 bits per heavy atom. The maximum atomic E-state index is 12.4. The molecule has 0 bridgehead atoms. The van der Waals surface area contributed by atoms with Crippen molar-refractivity contribution in [1.82, 2.24) is 5.06 Å². The van der Waals surface area contributed by atoms with E-state index in [0.717, 1.165) is 11.1 Å². The SMILES string of the molecule is CC(=O)N(O)C(C)/C=C/c1cccc(NS(=O)(=O)c2ccc(C)cc2)c1. The van der Waals surface area contributed by atoms with Gasteiger partial charge in [0.25, 0.3) is 10.0 Å². The van der Waals surface area contributed by atoms with Gasteiger partial charge in [0.15, 0.2) is 0 Å². The topological polar surface area (TPSA) is 86.7 Å². The van der Waals surface area contributed by atoms with Crippen LogP contribution in [0.5, 0.6) is 0 Å². The van der Waals surface area contributed by atoms with Crippen molar-refractivity contribution in [2.75, 3.05) is 4.72 Å². The van der Waals surface area contributed by atoms with E-state index in [-0.39, 0.29) is 4.90 Å². The van der Waals surface area contributed by atoms with Crippen molar-refractivity contribution >= 4 is 27.7 Å². The smallest absolute Gasteiger partial charge is 0.261 e. The quantitative estimate of drug-likeness (QED) is 0.599. The predicted molar refractivity (Wildman–Crippen MR) is 101 cm³/mol. The van der Waals surface area contributed by atoms with Crippen molar-refractivity contribution in [1.29, 1.82) is 0 Å². The predicted octanol–water partition coefficient (Wildman–Crippen LogP) is 3.44. The van der Waals surface area contributed by atoms with E-state index >= 15 is 0 Å². The molecule has 26 heavy (non-hydrogen) atoms. The van der Waals surface area contributed by atoms with Crippen molar-refractivity contribution in [3.63, 3.8) is 0 Å². The van der Waals surface area contributed by atoms with Crippen LogP contribution in [-0.2, 0) is 14.8 Å². The van der Waals surface area contributed by atoms with E-state index in [9.17, 15) is 18.4 Å². The molecule has 1 atom stereocenters. The van der Waals surface area contributed by atoms with Crippen molar-refractivity contribution in [2.24, 2.45) is 0 Å². The maximum absolute atomic E-state index is 12.4. The molecule has 6 nitrogen and oxygen atoms in total. The Kier molecular flexibility index (Phi) is 6.18. The van der Waals surface area contributed by atoms with Gasteiger partial charge in [-0.2, -0.15) is 0 Å². The van der Waals surface area contributed by atoms with Crippen molar-refractivity contribution in [3.8, 4) is 0 Å². The van der Waals surface area contributed by atoms with Crippen LogP contribution in [-0.4, -0.2) is 30.6 Å². The summed E-state index contributed by atoms with van der Waals surface area (Å²) >= 11 is 0. The number of carbonyl (C=O) groups is 1. The van der Waals surface area contributed by atoms with Crippen LogP contribution in [0.3, 0.4) is 0 Å². The molecule has 0 heterocycles. The molecule has 138 valence electrons. The fourth-order valence-electron chi connectivity index (χ4n) is 2.26. The third-order valence-corrected chi connectivity index (χ3v) is 5.14. The molecule has 0 spiro atoms. The van der Waals surface area contributed by atoms with Gasteiger partial charge in [0.2, 0.25) is 5.91 Å². The van der Waals surface area contributed by atoms with Gasteiger partial charge in [0.05, 0.1) is 10.9 Å². The van der Waals surface area contributed by atoms with Gasteiger partial charge in [-0.05, 0) is 43.7 Å². The number of aryl methyl sites for hydroxylation is 1. The lowest BCUT2D eigenvalue weighted by Gasteiger charge is -2.17. The zero-order chi connectivity index (χ0) is 19.3. The summed E-state index contributed by atoms with van der Waals surface area (Å²) in [5.74, 6) is -0.457. The summed E-state index contributed by atoms with van der Waals surface area (Å²) in [6.45, 7) is 4.83. The molecule has 2 N–H and O–H groups in total. The average molecular weight is 374 g/mol. The molecule has 2 rings (SSSR count). The fraction of sp³-hybridized carbons (Fsp3) is 0.211. The number of hydrogen-bond donors (Lipinski definition) is 2. The highest BCUT2D eigenvalue weighted by molar-refractivity contribution is 7.92. The summed E-state index contributed by atoms with van der Waals surface area (Å²) < 4.78 is 27.4. The standard InChI is InChI=1S/C19H22N2O4S/c1-14-7-11-19(12-8-14)26(24,25)20-18-6-4-5-17(13-18)10-9-15(2)21(23)16(3)22/h4-13,15,20,23H,1-3H3/b10-9+. The van der Waals surface area contributed by atoms with E-state index in [1.54, 1.807) is 67.6 Å². The number of anilines is 1. The second-order valence-corrected chi connectivity index (χ2v) is 7.69. The van der Waals surface area contributed by atoms with E-state index in [1.165, 1.54) is 6.92 Å². The molecule has 0 saturated heterocycles. The van der Waals surface area contributed by atoms with Gasteiger partial charge in [-0.25, -0.2) is 13.5 Å². The molecule has 0 aromatic heterocycles. The van der Waals surface area contributed by atoms with Crippen molar-refractivity contribution in [2.45, 2.75) is 31.7 Å². The number of hydrogen-bond acceptors (Lipinski definition) is 4. The molecular formula is C19H22N2O4S. The molecule has 2 aromatic rings. The van der Waals surface area contributed by atoms with Crippen molar-refractivity contribution in [3.05, 3.63) is 65.7 Å². The minimum Gasteiger partial charge on any atom is -0.285 e. The largest absolute Gasteiger partial charge is 0.285 e. The third kappa shape index (κ3) is 5.18. The molecule has 0 aliphatic heterocycles. The Morgan fingerprint density at radius 1 is 1.19 bits per heavy atom. The van der Waals surface area contributed by atoms with Crippen LogP contribution in [0.15, 0.2) is 59.5 Å². The first-order valence-corrected chi connectivity index (χ1v) is 9.54. The van der Waals surface area contributed by atoms with E-state index in [0.29, 0.717) is 10.8 Å². The van der Waals surface area contributed by atoms with Gasteiger partial charge < -0.3 is 0 Å². The maximum Gasteiger partial charge on any atom is 0.261 e. The first kappa shape index (κ1) is 19.7. The van der Waals surface area contributed by atoms with Crippen LogP contribution in [0.25, 0.3) is 6.08 Å². The Morgan fingerprint density at radius 2 is 1.85 bits per heavy atom. The lowest BCUT2D eigenvalue weighted by molar-refractivity contribution is -0.167. The highest BCUT2D eigenvalue weighted by Crippen LogP contribution is 2.18. The van der Waals surface area contributed by atoms with E-state index < -0.39 is 22.0 Å². The fourth-order valence-corrected chi connectivity index (χ4v) is 3.31. The van der Waals surface area contributed by atoms with Crippen LogP contribution in [0.4, 0.5) is 5.69 Å². The summed E-state index contributed by atoms with van der Waals surface area (Å²) in [5.41, 5.74) is 2.14. The van der Waals surface area contributed by atoms with Crippen LogP contribution >= 0.6 is 0 Å². The molecule has 0 aliphatic rings. The second kappa shape index (κ2) is 8.16. The normalized spacial score (nSPS) is 12.8. The average Bonchev–Trinajstić information content (AvgIpc) is 2.59. The summed E-state index contributed by atoms with van der Waals surface area (Å²) in [6, 6.07) is 12.9. The highest BCUT2D eigenvalue weighted by Gasteiger charge is 2.14. The van der Waals surface area contributed by atoms with Gasteiger partial charge >= 0.3 is 0 Å². The minimum absolute atomic E-state index is 0.190. The van der Waals surface area contributed by atoms with Crippen molar-refractivity contribution < 1.29 is 18.4 Å². The minimum atomic E-state index is -3.67. The number of rotatable bonds is 6. The van der Waals surface area contributed by atoms with Crippen LogP contribution < -0.4 is 4.72 Å². The number of hydroxylamine groups is 2. The molecule has 7 heteroatoms. The number of nitrogens with zero attached hydrogens (tertiary/aromatic N) is 1. The van der Waals surface area contributed by atoms with Gasteiger partial charge in [0.1, 0.15) is 0 Å². The highest BCUT2D eigenvalue weighted by atomic mass is 32.2. The molecule has 0 radical (unpaired) electrons.